The molecule has 2 saturated heterocycles. The van der Waals surface area contributed by atoms with Crippen molar-refractivity contribution in [3.63, 3.8) is 0 Å². The van der Waals surface area contributed by atoms with Crippen molar-refractivity contribution < 1.29 is 26.8 Å². The van der Waals surface area contributed by atoms with Crippen LogP contribution in [0.15, 0.2) is 18.2 Å². The molecule has 2 aliphatic heterocycles. The first kappa shape index (κ1) is 20.7. The molecular formula is C18H23F2N3O4S. The zero-order valence-corrected chi connectivity index (χ0v) is 16.5. The smallest absolute Gasteiger partial charge is 0.254 e. The third-order valence-electron chi connectivity index (χ3n) is 4.95. The standard InChI is InChI=1S/C18H23F2N3O4S/c1-11(2)9-23-18(25)16-8-13(10-22(16)5-6-28(23,26)27)21-17(24)14-7-12(19)3-4-15(14)20/h3-4,7,11,13,16H,5-6,8-10H2,1-2H3,(H,21,24)/t13-,16-/m0/s1. The lowest BCUT2D eigenvalue weighted by molar-refractivity contribution is -0.130. The number of sulfonamides is 1. The van der Waals surface area contributed by atoms with E-state index < -0.39 is 51.1 Å². The molecule has 0 bridgehead atoms. The fourth-order valence-corrected chi connectivity index (χ4v) is 5.23. The highest BCUT2D eigenvalue weighted by molar-refractivity contribution is 7.89. The van der Waals surface area contributed by atoms with Gasteiger partial charge in [-0.3, -0.25) is 14.5 Å². The zero-order chi connectivity index (χ0) is 20.6. The first-order valence-electron chi connectivity index (χ1n) is 9.12. The van der Waals surface area contributed by atoms with Crippen molar-refractivity contribution in [1.29, 1.82) is 0 Å². The van der Waals surface area contributed by atoms with Crippen molar-refractivity contribution in [3.05, 3.63) is 35.4 Å². The number of carbonyl (C=O) groups is 2. The number of hydrogen-bond acceptors (Lipinski definition) is 5. The van der Waals surface area contributed by atoms with Crippen LogP contribution in [0.25, 0.3) is 0 Å². The molecule has 1 N–H and O–H groups in total. The van der Waals surface area contributed by atoms with Gasteiger partial charge in [-0.2, -0.15) is 0 Å². The Labute approximate surface area is 162 Å². The molecule has 1 aromatic rings. The van der Waals surface area contributed by atoms with Gasteiger partial charge in [0.15, 0.2) is 0 Å². The summed E-state index contributed by atoms with van der Waals surface area (Å²) < 4.78 is 52.9. The van der Waals surface area contributed by atoms with Crippen LogP contribution in [0.1, 0.15) is 30.6 Å². The summed E-state index contributed by atoms with van der Waals surface area (Å²) in [6, 6.07) is 1.49. The predicted octanol–water partition coefficient (Wildman–Crippen LogP) is 0.966. The second kappa shape index (κ2) is 7.75. The third-order valence-corrected chi connectivity index (χ3v) is 6.64. The van der Waals surface area contributed by atoms with Gasteiger partial charge in [-0.1, -0.05) is 13.8 Å². The molecule has 3 rings (SSSR count). The van der Waals surface area contributed by atoms with E-state index in [0.717, 1.165) is 22.5 Å². The minimum Gasteiger partial charge on any atom is -0.348 e. The topological polar surface area (TPSA) is 86.8 Å². The molecular weight excluding hydrogens is 392 g/mol. The fourth-order valence-electron chi connectivity index (χ4n) is 3.63. The maximum Gasteiger partial charge on any atom is 0.254 e. The minimum absolute atomic E-state index is 0.0156. The van der Waals surface area contributed by atoms with Crippen LogP contribution >= 0.6 is 0 Å². The summed E-state index contributed by atoms with van der Waals surface area (Å²) >= 11 is 0. The summed E-state index contributed by atoms with van der Waals surface area (Å²) in [5, 5.41) is 2.63. The van der Waals surface area contributed by atoms with Crippen LogP contribution in [0.5, 0.6) is 0 Å². The molecule has 2 amide bonds. The fraction of sp³-hybridized carbons (Fsp3) is 0.556. The lowest BCUT2D eigenvalue weighted by atomic mass is 10.1. The Morgan fingerprint density at radius 3 is 2.71 bits per heavy atom. The highest BCUT2D eigenvalue weighted by Gasteiger charge is 2.45. The van der Waals surface area contributed by atoms with Gasteiger partial charge >= 0.3 is 0 Å². The van der Waals surface area contributed by atoms with Crippen LogP contribution in [0.4, 0.5) is 8.78 Å². The zero-order valence-electron chi connectivity index (χ0n) is 15.7. The van der Waals surface area contributed by atoms with E-state index in [-0.39, 0.29) is 37.7 Å². The van der Waals surface area contributed by atoms with Crippen molar-refractivity contribution in [2.75, 3.05) is 25.4 Å². The van der Waals surface area contributed by atoms with Crippen molar-refractivity contribution in [1.82, 2.24) is 14.5 Å². The lowest BCUT2D eigenvalue weighted by Crippen LogP contribution is -2.45. The van der Waals surface area contributed by atoms with Crippen molar-refractivity contribution in [2.24, 2.45) is 5.92 Å². The molecule has 7 nitrogen and oxygen atoms in total. The Hall–Kier alpha value is -2.07. The molecule has 0 spiro atoms. The molecule has 2 atom stereocenters. The third kappa shape index (κ3) is 4.17. The summed E-state index contributed by atoms with van der Waals surface area (Å²) in [6.45, 7) is 4.21. The monoisotopic (exact) mass is 415 g/mol. The van der Waals surface area contributed by atoms with E-state index in [1.807, 2.05) is 13.8 Å². The van der Waals surface area contributed by atoms with Gasteiger partial charge < -0.3 is 5.32 Å². The maximum absolute atomic E-state index is 13.8. The first-order chi connectivity index (χ1) is 13.1. The minimum atomic E-state index is -3.68. The van der Waals surface area contributed by atoms with E-state index in [0.29, 0.717) is 0 Å². The van der Waals surface area contributed by atoms with E-state index >= 15 is 0 Å². The number of rotatable bonds is 4. The molecule has 28 heavy (non-hydrogen) atoms. The van der Waals surface area contributed by atoms with Gasteiger partial charge in [-0.05, 0) is 30.5 Å². The van der Waals surface area contributed by atoms with Crippen molar-refractivity contribution >= 4 is 21.8 Å². The first-order valence-corrected chi connectivity index (χ1v) is 10.7. The van der Waals surface area contributed by atoms with Crippen molar-refractivity contribution in [2.45, 2.75) is 32.4 Å². The highest BCUT2D eigenvalue weighted by Crippen LogP contribution is 2.25. The quantitative estimate of drug-likeness (QED) is 0.792. The average molecular weight is 415 g/mol. The van der Waals surface area contributed by atoms with Gasteiger partial charge in [0.25, 0.3) is 11.8 Å². The SMILES string of the molecule is CC(C)CN1C(=O)[C@@H]2C[C@H](NC(=O)c3cc(F)ccc3F)CN2CCS1(=O)=O. The Morgan fingerprint density at radius 1 is 1.32 bits per heavy atom. The second-order valence-electron chi connectivity index (χ2n) is 7.62. The average Bonchev–Trinajstić information content (AvgIpc) is 2.98. The number of amides is 2. The molecule has 0 aromatic heterocycles. The Kier molecular flexibility index (Phi) is 5.72. The summed E-state index contributed by atoms with van der Waals surface area (Å²) in [7, 11) is -3.68. The normalized spacial score (nSPS) is 24.9. The number of hydrogen-bond donors (Lipinski definition) is 1. The Bertz CT molecular complexity index is 891. The van der Waals surface area contributed by atoms with Gasteiger partial charge in [0, 0.05) is 25.7 Å². The van der Waals surface area contributed by atoms with Crippen LogP contribution in [0.3, 0.4) is 0 Å². The molecule has 0 aliphatic carbocycles. The van der Waals surface area contributed by atoms with E-state index in [1.165, 1.54) is 0 Å². The molecule has 2 aliphatic rings. The van der Waals surface area contributed by atoms with Crippen LogP contribution in [-0.4, -0.2) is 66.9 Å². The van der Waals surface area contributed by atoms with Crippen LogP contribution in [0.2, 0.25) is 0 Å². The van der Waals surface area contributed by atoms with E-state index in [9.17, 15) is 26.8 Å². The van der Waals surface area contributed by atoms with Gasteiger partial charge in [0.1, 0.15) is 11.6 Å². The second-order valence-corrected chi connectivity index (χ2v) is 9.63. The summed E-state index contributed by atoms with van der Waals surface area (Å²) in [4.78, 5) is 26.9. The van der Waals surface area contributed by atoms with Gasteiger partial charge in [0.05, 0.1) is 17.4 Å². The summed E-state index contributed by atoms with van der Waals surface area (Å²) in [5.41, 5.74) is -0.405. The Balaban J connectivity index is 1.74. The number of carbonyl (C=O) groups excluding carboxylic acids is 2. The molecule has 0 unspecified atom stereocenters. The molecule has 0 saturated carbocycles. The number of benzene rings is 1. The van der Waals surface area contributed by atoms with Gasteiger partial charge in [-0.25, -0.2) is 21.5 Å². The molecule has 154 valence electrons. The van der Waals surface area contributed by atoms with Gasteiger partial charge in [-0.15, -0.1) is 0 Å². The molecule has 10 heteroatoms. The molecule has 2 fully saturated rings. The Morgan fingerprint density at radius 2 is 2.04 bits per heavy atom. The van der Waals surface area contributed by atoms with Gasteiger partial charge in [0.2, 0.25) is 10.0 Å². The maximum atomic E-state index is 13.8. The lowest BCUT2D eigenvalue weighted by Gasteiger charge is -2.25. The largest absolute Gasteiger partial charge is 0.348 e. The predicted molar refractivity (Wildman–Crippen MR) is 97.9 cm³/mol. The van der Waals surface area contributed by atoms with Crippen molar-refractivity contribution in [3.8, 4) is 0 Å². The van der Waals surface area contributed by atoms with E-state index in [1.54, 1.807) is 4.90 Å². The van der Waals surface area contributed by atoms with E-state index in [2.05, 4.69) is 5.32 Å². The molecule has 1 aromatic carbocycles. The number of nitrogens with zero attached hydrogens (tertiary/aromatic N) is 2. The number of halogens is 2. The molecule has 2 heterocycles. The number of fused-ring (bicyclic) bond motifs is 1. The number of nitrogens with one attached hydrogen (secondary N) is 1. The van der Waals surface area contributed by atoms with Crippen LogP contribution in [0, 0.1) is 17.6 Å². The summed E-state index contributed by atoms with van der Waals surface area (Å²) in [6.07, 6.45) is 0.214. The molecule has 0 radical (unpaired) electrons. The van der Waals surface area contributed by atoms with E-state index in [4.69, 9.17) is 0 Å². The van der Waals surface area contributed by atoms with Crippen LogP contribution in [-0.2, 0) is 14.8 Å². The highest BCUT2D eigenvalue weighted by atomic mass is 32.2. The summed E-state index contributed by atoms with van der Waals surface area (Å²) in [5.74, 6) is -3.02. The van der Waals surface area contributed by atoms with Crippen LogP contribution < -0.4 is 5.32 Å².